The minimum atomic E-state index is -3.47. The van der Waals surface area contributed by atoms with Crippen molar-refractivity contribution in [1.29, 1.82) is 0 Å². The van der Waals surface area contributed by atoms with Gasteiger partial charge in [-0.2, -0.15) is 0 Å². The van der Waals surface area contributed by atoms with Gasteiger partial charge in [-0.15, -0.1) is 0 Å². The lowest BCUT2D eigenvalue weighted by atomic mass is 10.1. The molecule has 0 spiro atoms. The van der Waals surface area contributed by atoms with Crippen molar-refractivity contribution in [2.45, 2.75) is 38.6 Å². The summed E-state index contributed by atoms with van der Waals surface area (Å²) in [7, 11) is -3.47. The fraction of sp³-hybridized carbons (Fsp3) is 0.538. The summed E-state index contributed by atoms with van der Waals surface area (Å²) >= 11 is 0. The first-order chi connectivity index (χ1) is 8.24. The molecule has 0 saturated heterocycles. The third kappa shape index (κ3) is 3.80. The molecule has 18 heavy (non-hydrogen) atoms. The van der Waals surface area contributed by atoms with Gasteiger partial charge in [-0.25, -0.2) is 13.1 Å². The maximum absolute atomic E-state index is 12.2. The smallest absolute Gasteiger partial charge is 0.240 e. The van der Waals surface area contributed by atoms with Gasteiger partial charge < -0.3 is 5.73 Å². The first kappa shape index (κ1) is 15.1. The van der Waals surface area contributed by atoms with Gasteiger partial charge >= 0.3 is 0 Å². The van der Waals surface area contributed by atoms with Crippen LogP contribution in [0.4, 0.5) is 0 Å². The van der Waals surface area contributed by atoms with Gasteiger partial charge in [0.05, 0.1) is 4.90 Å². The number of nitrogens with two attached hydrogens (primary N) is 1. The van der Waals surface area contributed by atoms with Crippen molar-refractivity contribution in [2.24, 2.45) is 11.7 Å². The first-order valence-corrected chi connectivity index (χ1v) is 7.55. The van der Waals surface area contributed by atoms with Crippen LogP contribution in [0.1, 0.15) is 25.0 Å². The molecular weight excluding hydrogens is 248 g/mol. The third-order valence-corrected chi connectivity index (χ3v) is 4.56. The molecule has 1 aromatic carbocycles. The van der Waals surface area contributed by atoms with Gasteiger partial charge in [0.1, 0.15) is 0 Å². The van der Waals surface area contributed by atoms with E-state index in [-0.39, 0.29) is 18.5 Å². The van der Waals surface area contributed by atoms with E-state index in [1.807, 2.05) is 32.9 Å². The van der Waals surface area contributed by atoms with Crippen LogP contribution < -0.4 is 10.5 Å². The zero-order chi connectivity index (χ0) is 13.9. The zero-order valence-corrected chi connectivity index (χ0v) is 12.2. The Morgan fingerprint density at radius 2 is 1.89 bits per heavy atom. The van der Waals surface area contributed by atoms with Crippen molar-refractivity contribution < 1.29 is 8.42 Å². The highest BCUT2D eigenvalue weighted by Gasteiger charge is 2.18. The minimum absolute atomic E-state index is 0.176. The topological polar surface area (TPSA) is 72.2 Å². The third-order valence-electron chi connectivity index (χ3n) is 3.00. The second kappa shape index (κ2) is 5.82. The van der Waals surface area contributed by atoms with Crippen LogP contribution in [0.15, 0.2) is 23.1 Å². The van der Waals surface area contributed by atoms with E-state index < -0.39 is 10.0 Å². The number of hydrogen-bond donors (Lipinski definition) is 2. The molecule has 1 aromatic rings. The highest BCUT2D eigenvalue weighted by Crippen LogP contribution is 2.16. The largest absolute Gasteiger partial charge is 0.326 e. The minimum Gasteiger partial charge on any atom is -0.326 e. The fourth-order valence-electron chi connectivity index (χ4n) is 1.52. The molecule has 1 unspecified atom stereocenters. The van der Waals surface area contributed by atoms with E-state index in [1.54, 1.807) is 13.0 Å². The highest BCUT2D eigenvalue weighted by atomic mass is 32.2. The molecule has 4 nitrogen and oxygen atoms in total. The monoisotopic (exact) mass is 270 g/mol. The van der Waals surface area contributed by atoms with E-state index in [4.69, 9.17) is 5.73 Å². The maximum atomic E-state index is 12.2. The van der Waals surface area contributed by atoms with E-state index in [0.717, 1.165) is 11.1 Å². The SMILES string of the molecule is Cc1ccc(C)c(S(=O)(=O)NCC(N)C(C)C)c1. The summed E-state index contributed by atoms with van der Waals surface area (Å²) in [5.74, 6) is 0.242. The Kier molecular flexibility index (Phi) is 4.90. The van der Waals surface area contributed by atoms with E-state index in [1.165, 1.54) is 0 Å². The van der Waals surface area contributed by atoms with Gasteiger partial charge in [0, 0.05) is 12.6 Å². The lowest BCUT2D eigenvalue weighted by Crippen LogP contribution is -2.40. The molecule has 5 heteroatoms. The highest BCUT2D eigenvalue weighted by molar-refractivity contribution is 7.89. The predicted octanol–water partition coefficient (Wildman–Crippen LogP) is 1.57. The fourth-order valence-corrected chi connectivity index (χ4v) is 2.92. The molecule has 1 atom stereocenters. The summed E-state index contributed by atoms with van der Waals surface area (Å²) in [5, 5.41) is 0. The number of sulfonamides is 1. The Labute approximate surface area is 110 Å². The summed E-state index contributed by atoms with van der Waals surface area (Å²) < 4.78 is 26.9. The van der Waals surface area contributed by atoms with Crippen LogP contribution in [0.3, 0.4) is 0 Å². The molecule has 0 aliphatic rings. The molecule has 3 N–H and O–H groups in total. The van der Waals surface area contributed by atoms with Gasteiger partial charge in [0.2, 0.25) is 10.0 Å². The van der Waals surface area contributed by atoms with Crippen molar-refractivity contribution in [2.75, 3.05) is 6.54 Å². The summed E-state index contributed by atoms with van der Waals surface area (Å²) in [6, 6.07) is 5.21. The number of benzene rings is 1. The molecule has 0 aliphatic heterocycles. The Balaban J connectivity index is 2.90. The Morgan fingerprint density at radius 1 is 1.28 bits per heavy atom. The number of rotatable bonds is 5. The van der Waals surface area contributed by atoms with Crippen LogP contribution >= 0.6 is 0 Å². The number of nitrogens with one attached hydrogen (secondary N) is 1. The average Bonchev–Trinajstić information content (AvgIpc) is 2.29. The van der Waals surface area contributed by atoms with Crippen molar-refractivity contribution >= 4 is 10.0 Å². The van der Waals surface area contributed by atoms with Crippen molar-refractivity contribution in [3.8, 4) is 0 Å². The molecule has 0 saturated carbocycles. The molecule has 0 aromatic heterocycles. The number of aryl methyl sites for hydroxylation is 2. The number of hydrogen-bond acceptors (Lipinski definition) is 3. The van der Waals surface area contributed by atoms with Crippen molar-refractivity contribution in [1.82, 2.24) is 4.72 Å². The van der Waals surface area contributed by atoms with Crippen LogP contribution in [0.25, 0.3) is 0 Å². The molecule has 0 amide bonds. The van der Waals surface area contributed by atoms with Crippen LogP contribution in [0, 0.1) is 19.8 Å². The summed E-state index contributed by atoms with van der Waals surface area (Å²) in [6.07, 6.45) is 0. The molecule has 0 aliphatic carbocycles. The molecule has 0 heterocycles. The van der Waals surface area contributed by atoms with Gasteiger partial charge in [-0.3, -0.25) is 0 Å². The van der Waals surface area contributed by atoms with Gasteiger partial charge in [-0.05, 0) is 37.0 Å². The average molecular weight is 270 g/mol. The van der Waals surface area contributed by atoms with E-state index in [9.17, 15) is 8.42 Å². The van der Waals surface area contributed by atoms with Gasteiger partial charge in [0.15, 0.2) is 0 Å². The zero-order valence-electron chi connectivity index (χ0n) is 11.4. The molecule has 0 bridgehead atoms. The van der Waals surface area contributed by atoms with Gasteiger partial charge in [-0.1, -0.05) is 26.0 Å². The molecule has 1 rings (SSSR count). The van der Waals surface area contributed by atoms with E-state index >= 15 is 0 Å². The molecular formula is C13H22N2O2S. The Bertz CT molecular complexity index is 510. The maximum Gasteiger partial charge on any atom is 0.240 e. The first-order valence-electron chi connectivity index (χ1n) is 6.06. The quantitative estimate of drug-likeness (QED) is 0.853. The Morgan fingerprint density at radius 3 is 2.44 bits per heavy atom. The summed E-state index contributed by atoms with van der Waals surface area (Å²) in [6.45, 7) is 7.86. The van der Waals surface area contributed by atoms with E-state index in [0.29, 0.717) is 4.90 Å². The summed E-state index contributed by atoms with van der Waals surface area (Å²) in [5.41, 5.74) is 7.51. The van der Waals surface area contributed by atoms with Crippen molar-refractivity contribution in [3.05, 3.63) is 29.3 Å². The van der Waals surface area contributed by atoms with Crippen molar-refractivity contribution in [3.63, 3.8) is 0 Å². The lowest BCUT2D eigenvalue weighted by molar-refractivity contribution is 0.481. The Hall–Kier alpha value is -0.910. The van der Waals surface area contributed by atoms with Crippen LogP contribution in [0.5, 0.6) is 0 Å². The normalized spacial score (nSPS) is 13.9. The van der Waals surface area contributed by atoms with E-state index in [2.05, 4.69) is 4.72 Å². The lowest BCUT2D eigenvalue weighted by Gasteiger charge is -2.17. The molecule has 0 radical (unpaired) electrons. The molecule has 0 fully saturated rings. The predicted molar refractivity (Wildman–Crippen MR) is 73.9 cm³/mol. The van der Waals surface area contributed by atoms with Crippen LogP contribution in [-0.4, -0.2) is 21.0 Å². The molecule has 102 valence electrons. The van der Waals surface area contributed by atoms with Crippen LogP contribution in [0.2, 0.25) is 0 Å². The second-order valence-electron chi connectivity index (χ2n) is 5.03. The van der Waals surface area contributed by atoms with Gasteiger partial charge in [0.25, 0.3) is 0 Å². The van der Waals surface area contributed by atoms with Crippen LogP contribution in [-0.2, 0) is 10.0 Å². The standard InChI is InChI=1S/C13H22N2O2S/c1-9(2)12(14)8-15-18(16,17)13-7-10(3)5-6-11(13)4/h5-7,9,12,15H,8,14H2,1-4H3. The summed E-state index contributed by atoms with van der Waals surface area (Å²) in [4.78, 5) is 0.332. The second-order valence-corrected chi connectivity index (χ2v) is 6.76.